The van der Waals surface area contributed by atoms with E-state index < -0.39 is 5.72 Å². The zero-order valence-electron chi connectivity index (χ0n) is 8.26. The van der Waals surface area contributed by atoms with Gasteiger partial charge < -0.3 is 9.64 Å². The van der Waals surface area contributed by atoms with Crippen LogP contribution in [0.25, 0.3) is 0 Å². The van der Waals surface area contributed by atoms with Crippen LogP contribution in [0.1, 0.15) is 20.8 Å². The lowest BCUT2D eigenvalue weighted by atomic mass is 10.2. The standard InChI is InChI=1S/C8H16N2O2/c1-6(9)7(11)10(4)8(2,3)12-5/h9H,1-5H3. The molecule has 0 aliphatic carbocycles. The van der Waals surface area contributed by atoms with E-state index in [-0.39, 0.29) is 11.6 Å². The van der Waals surface area contributed by atoms with Crippen molar-refractivity contribution in [3.8, 4) is 0 Å². The van der Waals surface area contributed by atoms with E-state index in [9.17, 15) is 4.79 Å². The smallest absolute Gasteiger partial charge is 0.269 e. The molecule has 0 aliphatic heterocycles. The number of nitrogens with zero attached hydrogens (tertiary/aromatic N) is 1. The number of amides is 1. The maximum Gasteiger partial charge on any atom is 0.269 e. The van der Waals surface area contributed by atoms with Gasteiger partial charge in [0.2, 0.25) is 0 Å². The van der Waals surface area contributed by atoms with Crippen molar-refractivity contribution in [3.63, 3.8) is 0 Å². The van der Waals surface area contributed by atoms with Gasteiger partial charge in [0.05, 0.1) is 5.71 Å². The number of nitrogens with one attached hydrogen (secondary N) is 1. The van der Waals surface area contributed by atoms with Gasteiger partial charge in [-0.2, -0.15) is 0 Å². The Hall–Kier alpha value is -0.900. The average Bonchev–Trinajstić information content (AvgIpc) is 2.01. The maximum atomic E-state index is 11.3. The van der Waals surface area contributed by atoms with E-state index in [1.54, 1.807) is 20.9 Å². The highest BCUT2D eigenvalue weighted by Gasteiger charge is 2.27. The number of methoxy groups -OCH3 is 1. The molecule has 1 amide bonds. The van der Waals surface area contributed by atoms with E-state index >= 15 is 0 Å². The summed E-state index contributed by atoms with van der Waals surface area (Å²) in [5, 5.41) is 7.14. The van der Waals surface area contributed by atoms with Gasteiger partial charge in [-0.3, -0.25) is 10.2 Å². The summed E-state index contributed by atoms with van der Waals surface area (Å²) in [6.45, 7) is 5.01. The maximum absolute atomic E-state index is 11.3. The monoisotopic (exact) mass is 172 g/mol. The molecular formula is C8H16N2O2. The van der Waals surface area contributed by atoms with E-state index in [0.29, 0.717) is 0 Å². The molecule has 12 heavy (non-hydrogen) atoms. The molecule has 0 unspecified atom stereocenters. The summed E-state index contributed by atoms with van der Waals surface area (Å²) in [5.41, 5.74) is -0.637. The summed E-state index contributed by atoms with van der Waals surface area (Å²) in [6, 6.07) is 0. The second kappa shape index (κ2) is 3.67. The van der Waals surface area contributed by atoms with Crippen LogP contribution in [0.3, 0.4) is 0 Å². The number of rotatable bonds is 3. The zero-order chi connectivity index (χ0) is 9.94. The number of ether oxygens (including phenoxy) is 1. The molecule has 0 saturated heterocycles. The lowest BCUT2D eigenvalue weighted by Gasteiger charge is -2.33. The Balaban J connectivity index is 4.49. The Labute approximate surface area is 73.0 Å². The third-order valence-corrected chi connectivity index (χ3v) is 1.93. The predicted molar refractivity (Wildman–Crippen MR) is 47.3 cm³/mol. The molecule has 4 heteroatoms. The van der Waals surface area contributed by atoms with Crippen molar-refractivity contribution in [3.05, 3.63) is 0 Å². The summed E-state index contributed by atoms with van der Waals surface area (Å²) in [7, 11) is 3.15. The van der Waals surface area contributed by atoms with Crippen LogP contribution in [0.2, 0.25) is 0 Å². The van der Waals surface area contributed by atoms with Crippen molar-refractivity contribution >= 4 is 11.6 Å². The topological polar surface area (TPSA) is 53.4 Å². The first kappa shape index (κ1) is 11.1. The molecule has 0 rings (SSSR count). The van der Waals surface area contributed by atoms with Crippen molar-refractivity contribution < 1.29 is 9.53 Å². The highest BCUT2D eigenvalue weighted by molar-refractivity contribution is 6.36. The van der Waals surface area contributed by atoms with Gasteiger partial charge in [0.1, 0.15) is 5.72 Å². The van der Waals surface area contributed by atoms with E-state index in [2.05, 4.69) is 0 Å². The molecule has 4 nitrogen and oxygen atoms in total. The van der Waals surface area contributed by atoms with Crippen molar-refractivity contribution in [1.29, 1.82) is 5.41 Å². The predicted octanol–water partition coefficient (Wildman–Crippen LogP) is 0.867. The van der Waals surface area contributed by atoms with Crippen LogP contribution in [0, 0.1) is 5.41 Å². The van der Waals surface area contributed by atoms with Gasteiger partial charge >= 0.3 is 0 Å². The van der Waals surface area contributed by atoms with Crippen LogP contribution in [-0.4, -0.2) is 36.4 Å². The Morgan fingerprint density at radius 3 is 2.17 bits per heavy atom. The van der Waals surface area contributed by atoms with E-state index in [1.807, 2.05) is 0 Å². The van der Waals surface area contributed by atoms with Gasteiger partial charge in [0, 0.05) is 14.2 Å². The van der Waals surface area contributed by atoms with Gasteiger partial charge in [-0.25, -0.2) is 0 Å². The Bertz CT molecular complexity index is 199. The number of hydrogen-bond donors (Lipinski definition) is 1. The summed E-state index contributed by atoms with van der Waals surface area (Å²) >= 11 is 0. The number of carbonyl (C=O) groups excluding carboxylic acids is 1. The molecule has 1 N–H and O–H groups in total. The lowest BCUT2D eigenvalue weighted by molar-refractivity contribution is -0.147. The van der Waals surface area contributed by atoms with Gasteiger partial charge in [-0.15, -0.1) is 0 Å². The van der Waals surface area contributed by atoms with E-state index in [4.69, 9.17) is 10.1 Å². The fourth-order valence-electron chi connectivity index (χ4n) is 0.633. The number of carbonyl (C=O) groups is 1. The van der Waals surface area contributed by atoms with Crippen LogP contribution in [0.5, 0.6) is 0 Å². The SMILES string of the molecule is COC(C)(C)N(C)C(=O)C(C)=N. The molecule has 0 bridgehead atoms. The molecule has 0 aromatic carbocycles. The molecule has 0 saturated carbocycles. The minimum Gasteiger partial charge on any atom is -0.359 e. The Kier molecular flexibility index (Phi) is 3.39. The molecular weight excluding hydrogens is 156 g/mol. The minimum absolute atomic E-state index is 0.0163. The highest BCUT2D eigenvalue weighted by Crippen LogP contribution is 2.12. The van der Waals surface area contributed by atoms with Gasteiger partial charge in [-0.05, 0) is 20.8 Å². The highest BCUT2D eigenvalue weighted by atomic mass is 16.5. The van der Waals surface area contributed by atoms with Crippen LogP contribution in [-0.2, 0) is 9.53 Å². The van der Waals surface area contributed by atoms with Gasteiger partial charge in [0.25, 0.3) is 5.91 Å². The van der Waals surface area contributed by atoms with E-state index in [0.717, 1.165) is 0 Å². The van der Waals surface area contributed by atoms with Crippen molar-refractivity contribution in [2.45, 2.75) is 26.5 Å². The van der Waals surface area contributed by atoms with Crippen LogP contribution in [0.15, 0.2) is 0 Å². The first-order valence-electron chi connectivity index (χ1n) is 3.71. The van der Waals surface area contributed by atoms with Crippen molar-refractivity contribution in [1.82, 2.24) is 4.90 Å². The fraction of sp³-hybridized carbons (Fsp3) is 0.750. The van der Waals surface area contributed by atoms with Crippen molar-refractivity contribution in [2.24, 2.45) is 0 Å². The van der Waals surface area contributed by atoms with E-state index in [1.165, 1.54) is 18.9 Å². The molecule has 0 radical (unpaired) electrons. The molecule has 0 aromatic rings. The normalized spacial score (nSPS) is 11.1. The minimum atomic E-state index is -0.653. The third-order valence-electron chi connectivity index (χ3n) is 1.93. The van der Waals surface area contributed by atoms with Gasteiger partial charge in [-0.1, -0.05) is 0 Å². The molecule has 0 atom stereocenters. The molecule has 70 valence electrons. The molecule has 0 aromatic heterocycles. The first-order valence-corrected chi connectivity index (χ1v) is 3.71. The van der Waals surface area contributed by atoms with Crippen LogP contribution >= 0.6 is 0 Å². The lowest BCUT2D eigenvalue weighted by Crippen LogP contribution is -2.48. The van der Waals surface area contributed by atoms with Crippen LogP contribution < -0.4 is 0 Å². The first-order chi connectivity index (χ1) is 5.33. The number of hydrogen-bond acceptors (Lipinski definition) is 3. The Morgan fingerprint density at radius 2 is 1.92 bits per heavy atom. The average molecular weight is 172 g/mol. The second-order valence-corrected chi connectivity index (χ2v) is 3.14. The quantitative estimate of drug-likeness (QED) is 0.507. The third kappa shape index (κ3) is 2.30. The molecule has 0 heterocycles. The second-order valence-electron chi connectivity index (χ2n) is 3.14. The van der Waals surface area contributed by atoms with Crippen molar-refractivity contribution in [2.75, 3.05) is 14.2 Å². The molecule has 0 spiro atoms. The largest absolute Gasteiger partial charge is 0.359 e. The van der Waals surface area contributed by atoms with Crippen LogP contribution in [0.4, 0.5) is 0 Å². The van der Waals surface area contributed by atoms with Gasteiger partial charge in [0.15, 0.2) is 0 Å². The Morgan fingerprint density at radius 1 is 1.50 bits per heavy atom. The molecule has 0 aliphatic rings. The summed E-state index contributed by atoms with van der Waals surface area (Å²) in [4.78, 5) is 12.7. The summed E-state index contributed by atoms with van der Waals surface area (Å²) in [6.07, 6.45) is 0. The summed E-state index contributed by atoms with van der Waals surface area (Å²) < 4.78 is 5.08. The fourth-order valence-corrected chi connectivity index (χ4v) is 0.633. The zero-order valence-corrected chi connectivity index (χ0v) is 8.26. The summed E-state index contributed by atoms with van der Waals surface area (Å²) in [5.74, 6) is -0.318. The molecule has 0 fully saturated rings.